The van der Waals surface area contributed by atoms with E-state index in [0.717, 1.165) is 45.4 Å². The molecule has 0 spiro atoms. The van der Waals surface area contributed by atoms with E-state index in [2.05, 4.69) is 82.5 Å². The maximum absolute atomic E-state index is 11.4. The normalized spacial score (nSPS) is 16.1. The summed E-state index contributed by atoms with van der Waals surface area (Å²) in [6.07, 6.45) is 2.36. The summed E-state index contributed by atoms with van der Waals surface area (Å²) in [6, 6.07) is 35.0. The number of fused-ring (bicyclic) bond motifs is 1. The van der Waals surface area contributed by atoms with Gasteiger partial charge in [0, 0.05) is 35.2 Å². The van der Waals surface area contributed by atoms with Gasteiger partial charge >= 0.3 is 0 Å². The molecule has 0 amide bonds. The SMILES string of the molecule is [2H]c1c([2H])c(C(C([2H])([2H])[2H])(C([2H])([2H])[2H])C([2H])([2H])[2H])c([2H])c([2H])c1-c1ccnc(-c2cc(-c3cccc4c3nc(-c3ccccc3O)n4-c3ccc(C(C)(C)CC)cc3-c3ccccc3)cc(C(C)(C)C)c2)c1. The number of para-hydroxylation sites is 2. The topological polar surface area (TPSA) is 50.9 Å². The molecule has 4 nitrogen and oxygen atoms in total. The number of nitrogens with zero attached hydrogens (tertiary/aromatic N) is 3. The number of phenols is 1. The number of hydrogen-bond acceptors (Lipinski definition) is 3. The molecule has 2 heterocycles. The molecular formula is C55H55N3O. The molecule has 0 atom stereocenters. The Hall–Kier alpha value is -6.26. The highest BCUT2D eigenvalue weighted by Gasteiger charge is 2.26. The Morgan fingerprint density at radius 1 is 0.593 bits per heavy atom. The van der Waals surface area contributed by atoms with Crippen LogP contribution in [0.3, 0.4) is 0 Å². The molecule has 0 radical (unpaired) electrons. The van der Waals surface area contributed by atoms with Gasteiger partial charge in [0.25, 0.3) is 0 Å². The molecule has 8 aromatic rings. The van der Waals surface area contributed by atoms with Crippen molar-refractivity contribution in [3.05, 3.63) is 168 Å². The highest BCUT2D eigenvalue weighted by atomic mass is 16.3. The van der Waals surface area contributed by atoms with Gasteiger partial charge < -0.3 is 5.11 Å². The monoisotopic (exact) mass is 787 g/mol. The first-order valence-electron chi connectivity index (χ1n) is 26.3. The van der Waals surface area contributed by atoms with E-state index < -0.39 is 61.1 Å². The van der Waals surface area contributed by atoms with Gasteiger partial charge in [0.05, 0.1) is 33.5 Å². The smallest absolute Gasteiger partial charge is 0.149 e. The third kappa shape index (κ3) is 7.72. The minimum Gasteiger partial charge on any atom is -0.507 e. The lowest BCUT2D eigenvalue weighted by Crippen LogP contribution is -2.16. The molecule has 8 rings (SSSR count). The van der Waals surface area contributed by atoms with Gasteiger partial charge in [0.2, 0.25) is 0 Å². The van der Waals surface area contributed by atoms with Crippen LogP contribution in [0.5, 0.6) is 5.75 Å². The van der Waals surface area contributed by atoms with Crippen molar-refractivity contribution in [2.45, 2.75) is 84.8 Å². The van der Waals surface area contributed by atoms with E-state index >= 15 is 0 Å². The number of imidazole rings is 1. The summed E-state index contributed by atoms with van der Waals surface area (Å²) >= 11 is 0. The number of hydrogen-bond donors (Lipinski definition) is 1. The standard InChI is InChI=1S/C55H55N3O/c1-10-55(8,9)42-27-28-48(46(35-42)37-17-12-11-13-18-37)58-49-21-16-20-44(51(49)57-52(58)45-19-14-15-22-50(45)59)39-31-40(33-43(32-39)54(5,6)7)47-34-38(29-30-56-47)36-23-25-41(26-24-36)53(2,3)4/h11-35,59H,10H2,1-9H3/i2D3,3D3,4D3,23D,24D,25D,26D. The zero-order chi connectivity index (χ0) is 52.7. The van der Waals surface area contributed by atoms with Crippen LogP contribution in [-0.2, 0) is 16.2 Å². The summed E-state index contributed by atoms with van der Waals surface area (Å²) in [6.45, 7) is 1.46. The minimum atomic E-state index is -3.80. The van der Waals surface area contributed by atoms with Crippen LogP contribution in [-0.4, -0.2) is 19.6 Å². The van der Waals surface area contributed by atoms with Crippen LogP contribution in [0.15, 0.2) is 152 Å². The van der Waals surface area contributed by atoms with E-state index in [4.69, 9.17) is 27.8 Å². The Morgan fingerprint density at radius 3 is 2.02 bits per heavy atom. The van der Waals surface area contributed by atoms with E-state index in [1.807, 2.05) is 60.7 Å². The number of aromatic hydroxyl groups is 1. The Balaban J connectivity index is 1.36. The maximum Gasteiger partial charge on any atom is 0.149 e. The van der Waals surface area contributed by atoms with Crippen LogP contribution in [0.25, 0.3) is 72.7 Å². The van der Waals surface area contributed by atoms with Crippen LogP contribution in [0.2, 0.25) is 0 Å². The molecule has 1 N–H and O–H groups in total. The van der Waals surface area contributed by atoms with E-state index in [1.165, 1.54) is 17.8 Å². The first kappa shape index (κ1) is 26.7. The highest BCUT2D eigenvalue weighted by Crippen LogP contribution is 2.43. The van der Waals surface area contributed by atoms with E-state index in [-0.39, 0.29) is 22.3 Å². The molecule has 0 aliphatic rings. The van der Waals surface area contributed by atoms with Gasteiger partial charge in [-0.2, -0.15) is 0 Å². The van der Waals surface area contributed by atoms with Crippen LogP contribution in [0.1, 0.15) is 103 Å². The van der Waals surface area contributed by atoms with Gasteiger partial charge in [-0.05, 0) is 116 Å². The molecule has 0 fully saturated rings. The molecule has 2 aromatic heterocycles. The molecule has 59 heavy (non-hydrogen) atoms. The second-order valence-corrected chi connectivity index (χ2v) is 16.8. The summed E-state index contributed by atoms with van der Waals surface area (Å²) in [5, 5.41) is 11.4. The fourth-order valence-electron chi connectivity index (χ4n) is 7.38. The van der Waals surface area contributed by atoms with Crippen molar-refractivity contribution in [3.63, 3.8) is 0 Å². The Morgan fingerprint density at radius 2 is 1.31 bits per heavy atom. The lowest BCUT2D eigenvalue weighted by atomic mass is 9.81. The van der Waals surface area contributed by atoms with Crippen molar-refractivity contribution in [1.82, 2.24) is 14.5 Å². The molecule has 0 saturated carbocycles. The van der Waals surface area contributed by atoms with Crippen molar-refractivity contribution in [1.29, 1.82) is 0 Å². The Bertz CT molecular complexity index is 3320. The van der Waals surface area contributed by atoms with Crippen molar-refractivity contribution in [2.75, 3.05) is 0 Å². The molecule has 0 aliphatic carbocycles. The molecule has 0 aliphatic heterocycles. The molecule has 4 heteroatoms. The molecule has 0 bridgehead atoms. The lowest BCUT2D eigenvalue weighted by Gasteiger charge is -2.25. The fourth-order valence-corrected chi connectivity index (χ4v) is 7.38. The minimum absolute atomic E-state index is 0.0612. The number of phenolic OH excluding ortho intramolecular Hbond substituents is 1. The molecule has 0 unspecified atom stereocenters. The molecular weight excluding hydrogens is 719 g/mol. The zero-order valence-corrected chi connectivity index (χ0v) is 34.1. The van der Waals surface area contributed by atoms with E-state index in [0.29, 0.717) is 28.2 Å². The van der Waals surface area contributed by atoms with Crippen molar-refractivity contribution in [2.24, 2.45) is 0 Å². The maximum atomic E-state index is 11.4. The quantitative estimate of drug-likeness (QED) is 0.167. The van der Waals surface area contributed by atoms with Gasteiger partial charge in [-0.1, -0.05) is 153 Å². The summed E-state index contributed by atoms with van der Waals surface area (Å²) in [7, 11) is 0. The number of rotatable bonds is 8. The highest BCUT2D eigenvalue weighted by molar-refractivity contribution is 5.97. The molecule has 6 aromatic carbocycles. The predicted molar refractivity (Wildman–Crippen MR) is 248 cm³/mol. The summed E-state index contributed by atoms with van der Waals surface area (Å²) in [4.78, 5) is 10.1. The largest absolute Gasteiger partial charge is 0.507 e. The zero-order valence-electron chi connectivity index (χ0n) is 47.1. The van der Waals surface area contributed by atoms with Crippen LogP contribution in [0.4, 0.5) is 0 Å². The third-order valence-electron chi connectivity index (χ3n) is 11.3. The molecule has 296 valence electrons. The first-order chi connectivity index (χ1) is 33.5. The second-order valence-electron chi connectivity index (χ2n) is 16.8. The number of benzene rings is 6. The van der Waals surface area contributed by atoms with Crippen LogP contribution < -0.4 is 0 Å². The van der Waals surface area contributed by atoms with Crippen molar-refractivity contribution in [3.8, 4) is 67.5 Å². The van der Waals surface area contributed by atoms with Crippen molar-refractivity contribution >= 4 is 11.0 Å². The summed E-state index contributed by atoms with van der Waals surface area (Å²) < 4.78 is 112. The van der Waals surface area contributed by atoms with E-state index in [9.17, 15) is 5.11 Å². The predicted octanol–water partition coefficient (Wildman–Crippen LogP) is 14.7. The average Bonchev–Trinajstić information content (AvgIpc) is 3.70. The van der Waals surface area contributed by atoms with Crippen LogP contribution >= 0.6 is 0 Å². The van der Waals surface area contributed by atoms with Gasteiger partial charge in [-0.3, -0.25) is 9.55 Å². The molecule has 0 saturated heterocycles. The van der Waals surface area contributed by atoms with Gasteiger partial charge in [-0.25, -0.2) is 4.98 Å². The lowest BCUT2D eigenvalue weighted by molar-refractivity contribution is 0.477. The van der Waals surface area contributed by atoms with Gasteiger partial charge in [0.15, 0.2) is 0 Å². The van der Waals surface area contributed by atoms with Gasteiger partial charge in [0.1, 0.15) is 11.6 Å². The Kier molecular flexibility index (Phi) is 6.86. The summed E-state index contributed by atoms with van der Waals surface area (Å²) in [5.41, 5.74) is 3.81. The third-order valence-corrected chi connectivity index (χ3v) is 11.3. The van der Waals surface area contributed by atoms with Crippen LogP contribution in [0, 0.1) is 0 Å². The first-order valence-corrected chi connectivity index (χ1v) is 19.8. The fraction of sp³-hybridized carbons (Fsp3) is 0.236. The van der Waals surface area contributed by atoms with Gasteiger partial charge in [-0.15, -0.1) is 0 Å². The Labute approximate surface area is 368 Å². The van der Waals surface area contributed by atoms with Crippen molar-refractivity contribution < 1.29 is 22.9 Å². The summed E-state index contributed by atoms with van der Waals surface area (Å²) in [5.74, 6) is 0.586. The second kappa shape index (κ2) is 15.2. The average molecular weight is 787 g/mol. The number of aromatic nitrogens is 3. The number of pyridine rings is 1. The van der Waals surface area contributed by atoms with E-state index in [1.54, 1.807) is 18.2 Å².